The lowest BCUT2D eigenvalue weighted by molar-refractivity contribution is 0.0696. The first-order valence-corrected chi connectivity index (χ1v) is 4.28. The summed E-state index contributed by atoms with van der Waals surface area (Å²) in [5.41, 5.74) is 5.03. The Balaban J connectivity index is 2.94. The highest BCUT2D eigenvalue weighted by Gasteiger charge is 2.06. The number of benzene rings is 1. The number of hydrazine groups is 1. The molecular weight excluding hydrogens is 180 g/mol. The Hall–Kier alpha value is -1.55. The molecule has 4 nitrogen and oxygen atoms in total. The van der Waals surface area contributed by atoms with Crippen LogP contribution in [0, 0.1) is 6.92 Å². The fraction of sp³-hybridized carbons (Fsp3) is 0.300. The molecule has 0 heterocycles. The third-order valence-corrected chi connectivity index (χ3v) is 1.81. The molecule has 0 radical (unpaired) electrons. The summed E-state index contributed by atoms with van der Waals surface area (Å²) in [5.74, 6) is -0.890. The first-order chi connectivity index (χ1) is 6.50. The van der Waals surface area contributed by atoms with Gasteiger partial charge < -0.3 is 10.5 Å². The number of aryl methyl sites for hydroxylation is 1. The van der Waals surface area contributed by atoms with Crippen molar-refractivity contribution >= 4 is 11.7 Å². The van der Waals surface area contributed by atoms with Gasteiger partial charge in [0, 0.05) is 19.8 Å². The van der Waals surface area contributed by atoms with Crippen LogP contribution in [0.5, 0.6) is 0 Å². The highest BCUT2D eigenvalue weighted by atomic mass is 16.4. The van der Waals surface area contributed by atoms with E-state index in [1.807, 2.05) is 20.2 Å². The van der Waals surface area contributed by atoms with Gasteiger partial charge in [0.25, 0.3) is 0 Å². The van der Waals surface area contributed by atoms with Crippen molar-refractivity contribution in [2.24, 2.45) is 0 Å². The van der Waals surface area contributed by atoms with Gasteiger partial charge in [-0.1, -0.05) is 0 Å². The number of nitrogens with one attached hydrogen (secondary N) is 1. The number of nitrogens with zero attached hydrogens (tertiary/aromatic N) is 1. The molecule has 0 amide bonds. The molecule has 0 fully saturated rings. The van der Waals surface area contributed by atoms with Gasteiger partial charge in [-0.3, -0.25) is 0 Å². The smallest absolute Gasteiger partial charge is 0.335 e. The zero-order valence-electron chi connectivity index (χ0n) is 8.53. The molecule has 0 aliphatic carbocycles. The Morgan fingerprint density at radius 3 is 2.50 bits per heavy atom. The maximum absolute atomic E-state index is 10.7. The summed E-state index contributed by atoms with van der Waals surface area (Å²) in [5, 5.41) is 10.6. The van der Waals surface area contributed by atoms with Crippen LogP contribution in [0.1, 0.15) is 15.9 Å². The normalized spacial score (nSPS) is 10.3. The average molecular weight is 194 g/mol. The van der Waals surface area contributed by atoms with Crippen LogP contribution in [-0.4, -0.2) is 30.2 Å². The van der Waals surface area contributed by atoms with E-state index in [0.29, 0.717) is 5.56 Å². The summed E-state index contributed by atoms with van der Waals surface area (Å²) < 4.78 is 0. The van der Waals surface area contributed by atoms with Crippen molar-refractivity contribution in [3.63, 3.8) is 0 Å². The summed E-state index contributed by atoms with van der Waals surface area (Å²) in [4.78, 5) is 10.7. The van der Waals surface area contributed by atoms with Gasteiger partial charge in [0.05, 0.1) is 5.56 Å². The van der Waals surface area contributed by atoms with E-state index in [-0.39, 0.29) is 0 Å². The van der Waals surface area contributed by atoms with E-state index in [1.165, 1.54) is 0 Å². The van der Waals surface area contributed by atoms with Crippen molar-refractivity contribution < 1.29 is 9.90 Å². The molecular formula is C10H14N2O2. The van der Waals surface area contributed by atoms with E-state index in [9.17, 15) is 4.79 Å². The van der Waals surface area contributed by atoms with Gasteiger partial charge in [-0.25, -0.2) is 9.80 Å². The Labute approximate surface area is 83.1 Å². The molecule has 0 unspecified atom stereocenters. The quantitative estimate of drug-likeness (QED) is 0.717. The molecule has 4 heteroatoms. The number of hydrogen-bond acceptors (Lipinski definition) is 3. The SMILES string of the molecule is Cc1cc(NN(C)C)ccc1C(=O)O. The molecule has 0 bridgehead atoms. The van der Waals surface area contributed by atoms with Crippen molar-refractivity contribution in [1.82, 2.24) is 5.01 Å². The van der Waals surface area contributed by atoms with Crippen LogP contribution in [0.15, 0.2) is 18.2 Å². The summed E-state index contributed by atoms with van der Waals surface area (Å²) in [6, 6.07) is 5.16. The molecule has 0 saturated carbocycles. The molecule has 1 aromatic rings. The summed E-state index contributed by atoms with van der Waals surface area (Å²) >= 11 is 0. The van der Waals surface area contributed by atoms with Gasteiger partial charge in [-0.05, 0) is 30.7 Å². The van der Waals surface area contributed by atoms with E-state index in [4.69, 9.17) is 5.11 Å². The van der Waals surface area contributed by atoms with E-state index in [2.05, 4.69) is 5.43 Å². The maximum Gasteiger partial charge on any atom is 0.335 e. The van der Waals surface area contributed by atoms with Gasteiger partial charge in [-0.15, -0.1) is 0 Å². The molecule has 14 heavy (non-hydrogen) atoms. The van der Waals surface area contributed by atoms with Crippen LogP contribution >= 0.6 is 0 Å². The molecule has 1 rings (SSSR count). The molecule has 1 aromatic carbocycles. The molecule has 2 N–H and O–H groups in total. The second-order valence-corrected chi connectivity index (χ2v) is 3.34. The van der Waals surface area contributed by atoms with Gasteiger partial charge in [0.2, 0.25) is 0 Å². The minimum Gasteiger partial charge on any atom is -0.478 e. The number of carbonyl (C=O) groups is 1. The van der Waals surface area contributed by atoms with Gasteiger partial charge in [0.1, 0.15) is 0 Å². The molecule has 76 valence electrons. The first kappa shape index (κ1) is 10.5. The largest absolute Gasteiger partial charge is 0.478 e. The lowest BCUT2D eigenvalue weighted by atomic mass is 10.1. The van der Waals surface area contributed by atoms with Crippen LogP contribution in [0.3, 0.4) is 0 Å². The highest BCUT2D eigenvalue weighted by molar-refractivity contribution is 5.89. The molecule has 0 aromatic heterocycles. The molecule has 0 aliphatic rings. The average Bonchev–Trinajstić information content (AvgIpc) is 2.01. The molecule has 0 aliphatic heterocycles. The number of anilines is 1. The first-order valence-electron chi connectivity index (χ1n) is 4.28. The van der Waals surface area contributed by atoms with Crippen molar-refractivity contribution in [2.45, 2.75) is 6.92 Å². The van der Waals surface area contributed by atoms with Crippen LogP contribution < -0.4 is 5.43 Å². The fourth-order valence-electron chi connectivity index (χ4n) is 1.23. The lowest BCUT2D eigenvalue weighted by Crippen LogP contribution is -2.19. The summed E-state index contributed by atoms with van der Waals surface area (Å²) in [7, 11) is 3.75. The number of aromatic carboxylic acids is 1. The second-order valence-electron chi connectivity index (χ2n) is 3.34. The third kappa shape index (κ3) is 2.47. The van der Waals surface area contributed by atoms with Crippen molar-refractivity contribution in [3.8, 4) is 0 Å². The zero-order valence-corrected chi connectivity index (χ0v) is 8.53. The number of carboxylic acids is 1. The predicted molar refractivity (Wildman–Crippen MR) is 55.4 cm³/mol. The molecule has 0 atom stereocenters. The minimum absolute atomic E-state index is 0.342. The minimum atomic E-state index is -0.890. The lowest BCUT2D eigenvalue weighted by Gasteiger charge is -2.14. The molecule has 0 saturated heterocycles. The number of carboxylic acid groups (broad SMARTS) is 1. The van der Waals surface area contributed by atoms with Crippen molar-refractivity contribution in [3.05, 3.63) is 29.3 Å². The van der Waals surface area contributed by atoms with Crippen LogP contribution in [0.2, 0.25) is 0 Å². The Bertz CT molecular complexity index is 348. The van der Waals surface area contributed by atoms with Crippen LogP contribution in [0.25, 0.3) is 0 Å². The van der Waals surface area contributed by atoms with Gasteiger partial charge in [-0.2, -0.15) is 0 Å². The fourth-order valence-corrected chi connectivity index (χ4v) is 1.23. The number of rotatable bonds is 3. The van der Waals surface area contributed by atoms with E-state index >= 15 is 0 Å². The Morgan fingerprint density at radius 2 is 2.07 bits per heavy atom. The van der Waals surface area contributed by atoms with E-state index < -0.39 is 5.97 Å². The maximum atomic E-state index is 10.7. The topological polar surface area (TPSA) is 52.6 Å². The van der Waals surface area contributed by atoms with E-state index in [0.717, 1.165) is 11.3 Å². The van der Waals surface area contributed by atoms with E-state index in [1.54, 1.807) is 24.1 Å². The van der Waals surface area contributed by atoms with Gasteiger partial charge >= 0.3 is 5.97 Å². The summed E-state index contributed by atoms with van der Waals surface area (Å²) in [6.07, 6.45) is 0. The molecule has 0 spiro atoms. The monoisotopic (exact) mass is 194 g/mol. The van der Waals surface area contributed by atoms with Crippen molar-refractivity contribution in [1.29, 1.82) is 0 Å². The van der Waals surface area contributed by atoms with Gasteiger partial charge in [0.15, 0.2) is 0 Å². The Morgan fingerprint density at radius 1 is 1.43 bits per heavy atom. The predicted octanol–water partition coefficient (Wildman–Crippen LogP) is 1.58. The highest BCUT2D eigenvalue weighted by Crippen LogP contribution is 2.15. The standard InChI is InChI=1S/C10H14N2O2/c1-7-6-8(11-12(2)3)4-5-9(7)10(13)14/h4-6,11H,1-3H3,(H,13,14). The third-order valence-electron chi connectivity index (χ3n) is 1.81. The van der Waals surface area contributed by atoms with Crippen LogP contribution in [0.4, 0.5) is 5.69 Å². The number of hydrogen-bond donors (Lipinski definition) is 2. The Kier molecular flexibility index (Phi) is 3.09. The van der Waals surface area contributed by atoms with Crippen LogP contribution in [-0.2, 0) is 0 Å². The van der Waals surface area contributed by atoms with Crippen molar-refractivity contribution in [2.75, 3.05) is 19.5 Å². The zero-order chi connectivity index (χ0) is 10.7. The second kappa shape index (κ2) is 4.11. The summed E-state index contributed by atoms with van der Waals surface area (Å²) in [6.45, 7) is 1.78.